The van der Waals surface area contributed by atoms with Crippen LogP contribution < -0.4 is 15.2 Å². The molecule has 0 radical (unpaired) electrons. The van der Waals surface area contributed by atoms with E-state index in [1.807, 2.05) is 0 Å². The maximum atomic E-state index is 11.2. The molecule has 0 amide bonds. The van der Waals surface area contributed by atoms with Gasteiger partial charge in [0, 0.05) is 6.92 Å². The third-order valence-electron chi connectivity index (χ3n) is 2.18. The Morgan fingerprint density at radius 2 is 1.89 bits per heavy atom. The van der Waals surface area contributed by atoms with Gasteiger partial charge < -0.3 is 19.9 Å². The van der Waals surface area contributed by atoms with Gasteiger partial charge in [-0.3, -0.25) is 4.79 Å². The van der Waals surface area contributed by atoms with Gasteiger partial charge >= 0.3 is 11.9 Å². The molecule has 0 saturated carbocycles. The van der Waals surface area contributed by atoms with E-state index >= 15 is 0 Å². The number of hydrogen-bond donors (Lipinski definition) is 1. The first kappa shape index (κ1) is 14.6. The standard InChI is InChI=1S/C13H15NO5/c1-8(15)19-11-5-4-9(7-12(11)17-2)6-10(14)13(16)18-3/h4-7H,14H2,1-3H3. The van der Waals surface area contributed by atoms with Crippen molar-refractivity contribution in [2.75, 3.05) is 14.2 Å². The number of methoxy groups -OCH3 is 2. The summed E-state index contributed by atoms with van der Waals surface area (Å²) in [6.45, 7) is 1.29. The van der Waals surface area contributed by atoms with Gasteiger partial charge in [-0.15, -0.1) is 0 Å². The minimum absolute atomic E-state index is 0.0372. The lowest BCUT2D eigenvalue weighted by Gasteiger charge is -2.08. The molecule has 0 bridgehead atoms. The first-order valence-corrected chi connectivity index (χ1v) is 5.40. The number of ether oxygens (including phenoxy) is 3. The summed E-state index contributed by atoms with van der Waals surface area (Å²) >= 11 is 0. The largest absolute Gasteiger partial charge is 0.493 e. The second-order valence-electron chi connectivity index (χ2n) is 3.60. The predicted molar refractivity (Wildman–Crippen MR) is 68.5 cm³/mol. The van der Waals surface area contributed by atoms with Gasteiger partial charge in [0.15, 0.2) is 11.5 Å². The number of hydrogen-bond acceptors (Lipinski definition) is 6. The summed E-state index contributed by atoms with van der Waals surface area (Å²) in [5.74, 6) is -0.413. The second-order valence-corrected chi connectivity index (χ2v) is 3.60. The molecule has 0 spiro atoms. The Labute approximate surface area is 110 Å². The van der Waals surface area contributed by atoms with Crippen molar-refractivity contribution >= 4 is 18.0 Å². The summed E-state index contributed by atoms with van der Waals surface area (Å²) < 4.78 is 14.5. The molecule has 0 aliphatic carbocycles. The summed E-state index contributed by atoms with van der Waals surface area (Å²) in [6.07, 6.45) is 1.44. The Balaban J connectivity index is 3.06. The van der Waals surface area contributed by atoms with Crippen molar-refractivity contribution in [3.63, 3.8) is 0 Å². The molecule has 0 atom stereocenters. The van der Waals surface area contributed by atoms with Crippen molar-refractivity contribution in [1.82, 2.24) is 0 Å². The third-order valence-corrected chi connectivity index (χ3v) is 2.18. The quantitative estimate of drug-likeness (QED) is 0.498. The Kier molecular flexibility index (Phi) is 4.93. The molecule has 0 unspecified atom stereocenters. The first-order chi connectivity index (χ1) is 8.97. The molecule has 19 heavy (non-hydrogen) atoms. The maximum absolute atomic E-state index is 11.2. The van der Waals surface area contributed by atoms with E-state index in [1.165, 1.54) is 27.2 Å². The zero-order chi connectivity index (χ0) is 14.4. The Morgan fingerprint density at radius 3 is 2.42 bits per heavy atom. The third kappa shape index (κ3) is 4.02. The van der Waals surface area contributed by atoms with Gasteiger partial charge in [-0.2, -0.15) is 0 Å². The predicted octanol–water partition coefficient (Wildman–Crippen LogP) is 1.09. The van der Waals surface area contributed by atoms with Crippen LogP contribution in [0.5, 0.6) is 11.5 Å². The Bertz CT molecular complexity index is 522. The SMILES string of the molecule is COC(=O)C(N)=Cc1ccc(OC(C)=O)c(OC)c1. The maximum Gasteiger partial charge on any atom is 0.353 e. The fourth-order valence-electron chi connectivity index (χ4n) is 1.37. The molecular formula is C13H15NO5. The van der Waals surface area contributed by atoms with Crippen LogP contribution in [0.1, 0.15) is 12.5 Å². The molecule has 1 aromatic carbocycles. The summed E-state index contributed by atoms with van der Waals surface area (Å²) in [5.41, 5.74) is 6.11. The highest BCUT2D eigenvalue weighted by Gasteiger charge is 2.09. The van der Waals surface area contributed by atoms with Crippen molar-refractivity contribution in [2.24, 2.45) is 5.73 Å². The van der Waals surface area contributed by atoms with Gasteiger partial charge in [-0.1, -0.05) is 6.07 Å². The highest BCUT2D eigenvalue weighted by molar-refractivity contribution is 5.92. The summed E-state index contributed by atoms with van der Waals surface area (Å²) in [4.78, 5) is 22.1. The van der Waals surface area contributed by atoms with Gasteiger partial charge in [-0.05, 0) is 23.8 Å². The molecule has 2 N–H and O–H groups in total. The topological polar surface area (TPSA) is 87.9 Å². The molecule has 0 aromatic heterocycles. The van der Waals surface area contributed by atoms with Crippen LogP contribution in [-0.2, 0) is 14.3 Å². The van der Waals surface area contributed by atoms with Crippen molar-refractivity contribution in [3.8, 4) is 11.5 Å². The van der Waals surface area contributed by atoms with Gasteiger partial charge in [0.1, 0.15) is 5.70 Å². The molecule has 0 heterocycles. The number of carbonyl (C=O) groups is 2. The lowest BCUT2D eigenvalue weighted by molar-refractivity contribution is -0.136. The van der Waals surface area contributed by atoms with Gasteiger partial charge in [0.05, 0.1) is 14.2 Å². The monoisotopic (exact) mass is 265 g/mol. The van der Waals surface area contributed by atoms with E-state index in [-0.39, 0.29) is 5.70 Å². The van der Waals surface area contributed by atoms with E-state index in [1.54, 1.807) is 18.2 Å². The number of esters is 2. The first-order valence-electron chi connectivity index (χ1n) is 5.40. The minimum Gasteiger partial charge on any atom is -0.493 e. The fourth-order valence-corrected chi connectivity index (χ4v) is 1.37. The van der Waals surface area contributed by atoms with Gasteiger partial charge in [0.25, 0.3) is 0 Å². The molecule has 0 aliphatic heterocycles. The van der Waals surface area contributed by atoms with Crippen LogP contribution in [0.4, 0.5) is 0 Å². The molecule has 0 aliphatic rings. The van der Waals surface area contributed by atoms with E-state index in [2.05, 4.69) is 4.74 Å². The smallest absolute Gasteiger partial charge is 0.353 e. The molecule has 6 nitrogen and oxygen atoms in total. The number of carbonyl (C=O) groups excluding carboxylic acids is 2. The van der Waals surface area contributed by atoms with Crippen LogP contribution in [-0.4, -0.2) is 26.2 Å². The van der Waals surface area contributed by atoms with Crippen molar-refractivity contribution < 1.29 is 23.8 Å². The van der Waals surface area contributed by atoms with Gasteiger partial charge in [-0.25, -0.2) is 4.79 Å². The van der Waals surface area contributed by atoms with Crippen LogP contribution >= 0.6 is 0 Å². The van der Waals surface area contributed by atoms with Crippen LogP contribution in [0.15, 0.2) is 23.9 Å². The van der Waals surface area contributed by atoms with E-state index in [9.17, 15) is 9.59 Å². The van der Waals surface area contributed by atoms with E-state index in [4.69, 9.17) is 15.2 Å². The van der Waals surface area contributed by atoms with Crippen LogP contribution in [0.3, 0.4) is 0 Å². The lowest BCUT2D eigenvalue weighted by Crippen LogP contribution is -2.12. The normalized spacial score (nSPS) is 10.8. The lowest BCUT2D eigenvalue weighted by atomic mass is 10.1. The van der Waals surface area contributed by atoms with Crippen molar-refractivity contribution in [3.05, 3.63) is 29.5 Å². The van der Waals surface area contributed by atoms with Crippen LogP contribution in [0.2, 0.25) is 0 Å². The Hall–Kier alpha value is -2.50. The molecular weight excluding hydrogens is 250 g/mol. The fraction of sp³-hybridized carbons (Fsp3) is 0.231. The highest BCUT2D eigenvalue weighted by atomic mass is 16.6. The zero-order valence-corrected chi connectivity index (χ0v) is 10.9. The van der Waals surface area contributed by atoms with Crippen LogP contribution in [0.25, 0.3) is 6.08 Å². The van der Waals surface area contributed by atoms with Crippen molar-refractivity contribution in [2.45, 2.75) is 6.92 Å². The molecule has 1 rings (SSSR count). The average Bonchev–Trinajstić information content (AvgIpc) is 2.38. The van der Waals surface area contributed by atoms with Crippen molar-refractivity contribution in [1.29, 1.82) is 0 Å². The summed E-state index contributed by atoms with van der Waals surface area (Å²) in [6, 6.07) is 4.78. The summed E-state index contributed by atoms with van der Waals surface area (Å²) in [7, 11) is 2.69. The Morgan fingerprint density at radius 1 is 1.21 bits per heavy atom. The summed E-state index contributed by atoms with van der Waals surface area (Å²) in [5, 5.41) is 0. The molecule has 6 heteroatoms. The molecule has 0 saturated heterocycles. The van der Waals surface area contributed by atoms with E-state index < -0.39 is 11.9 Å². The number of benzene rings is 1. The molecule has 102 valence electrons. The van der Waals surface area contributed by atoms with Crippen LogP contribution in [0, 0.1) is 0 Å². The number of nitrogens with two attached hydrogens (primary N) is 1. The molecule has 0 fully saturated rings. The van der Waals surface area contributed by atoms with E-state index in [0.29, 0.717) is 17.1 Å². The highest BCUT2D eigenvalue weighted by Crippen LogP contribution is 2.28. The minimum atomic E-state index is -0.622. The van der Waals surface area contributed by atoms with E-state index in [0.717, 1.165) is 0 Å². The van der Waals surface area contributed by atoms with Gasteiger partial charge in [0.2, 0.25) is 0 Å². The average molecular weight is 265 g/mol. The zero-order valence-electron chi connectivity index (χ0n) is 10.9. The second kappa shape index (κ2) is 6.44. The number of rotatable bonds is 4. The molecule has 1 aromatic rings.